The van der Waals surface area contributed by atoms with Gasteiger partial charge >= 0.3 is 0 Å². The molecule has 0 aliphatic heterocycles. The zero-order chi connectivity index (χ0) is 18.4. The van der Waals surface area contributed by atoms with Gasteiger partial charge in [-0.25, -0.2) is 0 Å². The molecule has 6 heteroatoms. The van der Waals surface area contributed by atoms with Crippen LogP contribution in [0.25, 0.3) is 0 Å². The van der Waals surface area contributed by atoms with Crippen LogP contribution in [0.5, 0.6) is 0 Å². The van der Waals surface area contributed by atoms with Crippen molar-refractivity contribution >= 4 is 28.9 Å². The van der Waals surface area contributed by atoms with Crippen LogP contribution in [-0.4, -0.2) is 10.9 Å². The van der Waals surface area contributed by atoms with E-state index in [9.17, 15) is 4.79 Å². The van der Waals surface area contributed by atoms with Crippen LogP contribution in [0, 0.1) is 11.3 Å². The lowest BCUT2D eigenvalue weighted by Crippen LogP contribution is -2.15. The lowest BCUT2D eigenvalue weighted by molar-refractivity contribution is 0.102. The maximum Gasteiger partial charge on any atom is 0.274 e. The number of aromatic nitrogens is 1. The molecule has 0 saturated carbocycles. The number of carbonyl (C=O) groups is 1. The van der Waals surface area contributed by atoms with Gasteiger partial charge < -0.3 is 10.6 Å². The van der Waals surface area contributed by atoms with E-state index in [1.807, 2.05) is 30.3 Å². The Labute approximate surface area is 156 Å². The van der Waals surface area contributed by atoms with Gasteiger partial charge in [0, 0.05) is 23.5 Å². The molecule has 1 amide bonds. The number of amides is 1. The van der Waals surface area contributed by atoms with Crippen LogP contribution >= 0.6 is 11.6 Å². The number of hydrogen-bond donors (Lipinski definition) is 2. The summed E-state index contributed by atoms with van der Waals surface area (Å²) in [4.78, 5) is 16.5. The third kappa shape index (κ3) is 4.38. The molecule has 26 heavy (non-hydrogen) atoms. The maximum atomic E-state index is 12.4. The third-order valence-corrected chi connectivity index (χ3v) is 3.95. The molecule has 0 unspecified atom stereocenters. The number of nitriles is 1. The Kier molecular flexibility index (Phi) is 5.47. The average Bonchev–Trinajstić information content (AvgIpc) is 2.68. The first-order chi connectivity index (χ1) is 12.7. The molecule has 0 fully saturated rings. The summed E-state index contributed by atoms with van der Waals surface area (Å²) in [5.74, 6) is -0.372. The summed E-state index contributed by atoms with van der Waals surface area (Å²) in [6.45, 7) is 0.597. The van der Waals surface area contributed by atoms with Crippen LogP contribution in [0.3, 0.4) is 0 Å². The molecule has 0 aliphatic rings. The number of hydrogen-bond acceptors (Lipinski definition) is 4. The highest BCUT2D eigenvalue weighted by Gasteiger charge is 2.10. The highest BCUT2D eigenvalue weighted by atomic mass is 35.5. The summed E-state index contributed by atoms with van der Waals surface area (Å²) in [6.07, 6.45) is 1.56. The molecule has 0 atom stereocenters. The minimum atomic E-state index is -0.372. The first-order valence-corrected chi connectivity index (χ1v) is 8.28. The van der Waals surface area contributed by atoms with Crippen LogP contribution in [-0.2, 0) is 6.54 Å². The van der Waals surface area contributed by atoms with Gasteiger partial charge in [-0.2, -0.15) is 5.26 Å². The van der Waals surface area contributed by atoms with Crippen LogP contribution in [0.15, 0.2) is 66.9 Å². The molecular weight excluding hydrogens is 348 g/mol. The molecule has 2 N–H and O–H groups in total. The van der Waals surface area contributed by atoms with Crippen molar-refractivity contribution < 1.29 is 4.79 Å². The number of benzene rings is 2. The molecule has 0 radical (unpaired) electrons. The maximum absolute atomic E-state index is 12.4. The molecule has 128 valence electrons. The molecule has 1 heterocycles. The quantitative estimate of drug-likeness (QED) is 0.701. The topological polar surface area (TPSA) is 77.8 Å². The molecule has 2 aromatic carbocycles. The lowest BCUT2D eigenvalue weighted by atomic mass is 10.2. The van der Waals surface area contributed by atoms with Gasteiger partial charge in [0.05, 0.1) is 11.3 Å². The second kappa shape index (κ2) is 8.15. The van der Waals surface area contributed by atoms with Crippen molar-refractivity contribution in [1.82, 2.24) is 4.98 Å². The SMILES string of the molecule is N#Cc1ccccc1NC(=O)c1cc(NCc2ccc(Cl)cc2)ccn1. The zero-order valence-electron chi connectivity index (χ0n) is 13.7. The monoisotopic (exact) mass is 362 g/mol. The molecule has 3 aromatic rings. The van der Waals surface area contributed by atoms with Crippen molar-refractivity contribution in [3.8, 4) is 6.07 Å². The predicted octanol–water partition coefficient (Wildman–Crippen LogP) is 4.47. The first kappa shape index (κ1) is 17.5. The van der Waals surface area contributed by atoms with Crippen molar-refractivity contribution in [2.75, 3.05) is 10.6 Å². The van der Waals surface area contributed by atoms with Crippen LogP contribution < -0.4 is 10.6 Å². The van der Waals surface area contributed by atoms with E-state index >= 15 is 0 Å². The van der Waals surface area contributed by atoms with Gasteiger partial charge in [0.1, 0.15) is 11.8 Å². The number of anilines is 2. The van der Waals surface area contributed by atoms with Crippen LogP contribution in [0.2, 0.25) is 5.02 Å². The molecule has 0 spiro atoms. The standard InChI is InChI=1S/C20H15ClN4O/c21-16-7-5-14(6-8-16)13-24-17-9-10-23-19(11-17)20(26)25-18-4-2-1-3-15(18)12-22/h1-11H,13H2,(H,23,24)(H,25,26). The predicted molar refractivity (Wildman–Crippen MR) is 102 cm³/mol. The van der Waals surface area contributed by atoms with E-state index in [0.717, 1.165) is 11.3 Å². The second-order valence-electron chi connectivity index (χ2n) is 5.52. The molecule has 5 nitrogen and oxygen atoms in total. The van der Waals surface area contributed by atoms with Gasteiger partial charge in [0.25, 0.3) is 5.91 Å². The Bertz CT molecular complexity index is 964. The van der Waals surface area contributed by atoms with Crippen molar-refractivity contribution in [2.24, 2.45) is 0 Å². The highest BCUT2D eigenvalue weighted by molar-refractivity contribution is 6.30. The normalized spacial score (nSPS) is 10.0. The number of para-hydroxylation sites is 1. The fraction of sp³-hybridized carbons (Fsp3) is 0.0500. The van der Waals surface area contributed by atoms with Crippen molar-refractivity contribution in [1.29, 1.82) is 5.26 Å². The van der Waals surface area contributed by atoms with Gasteiger partial charge in [-0.3, -0.25) is 9.78 Å². The van der Waals surface area contributed by atoms with Gasteiger partial charge in [-0.1, -0.05) is 35.9 Å². The fourth-order valence-electron chi connectivity index (χ4n) is 2.35. The highest BCUT2D eigenvalue weighted by Crippen LogP contribution is 2.16. The smallest absolute Gasteiger partial charge is 0.274 e. The van der Waals surface area contributed by atoms with E-state index in [1.54, 1.807) is 42.6 Å². The molecular formula is C20H15ClN4O. The minimum absolute atomic E-state index is 0.263. The van der Waals surface area contributed by atoms with Crippen molar-refractivity contribution in [3.63, 3.8) is 0 Å². The largest absolute Gasteiger partial charge is 0.381 e. The van der Waals surface area contributed by atoms with E-state index in [4.69, 9.17) is 16.9 Å². The second-order valence-corrected chi connectivity index (χ2v) is 5.96. The molecule has 0 bridgehead atoms. The molecule has 3 rings (SSSR count). The number of carbonyl (C=O) groups excluding carboxylic acids is 1. The minimum Gasteiger partial charge on any atom is -0.381 e. The Morgan fingerprint density at radius 2 is 1.88 bits per heavy atom. The Morgan fingerprint density at radius 3 is 2.65 bits per heavy atom. The van der Waals surface area contributed by atoms with Gasteiger partial charge in [0.15, 0.2) is 0 Å². The lowest BCUT2D eigenvalue weighted by Gasteiger charge is -2.09. The van der Waals surface area contributed by atoms with E-state index in [2.05, 4.69) is 15.6 Å². The van der Waals surface area contributed by atoms with E-state index in [-0.39, 0.29) is 11.6 Å². The van der Waals surface area contributed by atoms with E-state index in [0.29, 0.717) is 22.8 Å². The summed E-state index contributed by atoms with van der Waals surface area (Å²) in [5, 5.41) is 15.8. The summed E-state index contributed by atoms with van der Waals surface area (Å²) >= 11 is 5.88. The molecule has 0 aliphatic carbocycles. The number of nitrogens with one attached hydrogen (secondary N) is 2. The van der Waals surface area contributed by atoms with E-state index in [1.165, 1.54) is 0 Å². The van der Waals surface area contributed by atoms with Gasteiger partial charge in [-0.05, 0) is 42.0 Å². The number of pyridine rings is 1. The Hall–Kier alpha value is -3.36. The molecule has 1 aromatic heterocycles. The van der Waals surface area contributed by atoms with Crippen molar-refractivity contribution in [2.45, 2.75) is 6.54 Å². The summed E-state index contributed by atoms with van der Waals surface area (Å²) in [6, 6.07) is 19.9. The number of rotatable bonds is 5. The summed E-state index contributed by atoms with van der Waals surface area (Å²) in [5.41, 5.74) is 2.96. The third-order valence-electron chi connectivity index (χ3n) is 3.70. The Balaban J connectivity index is 1.69. The van der Waals surface area contributed by atoms with Gasteiger partial charge in [-0.15, -0.1) is 0 Å². The molecule has 0 saturated heterocycles. The zero-order valence-corrected chi connectivity index (χ0v) is 14.5. The van der Waals surface area contributed by atoms with Crippen LogP contribution in [0.4, 0.5) is 11.4 Å². The van der Waals surface area contributed by atoms with Crippen molar-refractivity contribution in [3.05, 3.63) is 88.7 Å². The van der Waals surface area contributed by atoms with Crippen LogP contribution in [0.1, 0.15) is 21.6 Å². The van der Waals surface area contributed by atoms with E-state index < -0.39 is 0 Å². The average molecular weight is 363 g/mol. The first-order valence-electron chi connectivity index (χ1n) is 7.90. The summed E-state index contributed by atoms with van der Waals surface area (Å²) in [7, 11) is 0. The number of halogens is 1. The fourth-order valence-corrected chi connectivity index (χ4v) is 2.47. The number of nitrogens with zero attached hydrogens (tertiary/aromatic N) is 2. The van der Waals surface area contributed by atoms with Gasteiger partial charge in [0.2, 0.25) is 0 Å². The summed E-state index contributed by atoms with van der Waals surface area (Å²) < 4.78 is 0. The Morgan fingerprint density at radius 1 is 1.12 bits per heavy atom.